The van der Waals surface area contributed by atoms with E-state index in [1.54, 1.807) is 11.4 Å². The van der Waals surface area contributed by atoms with Crippen molar-refractivity contribution >= 4 is 41.3 Å². The van der Waals surface area contributed by atoms with Gasteiger partial charge in [-0.25, -0.2) is 0 Å². The number of amides is 1. The van der Waals surface area contributed by atoms with Crippen LogP contribution in [0.3, 0.4) is 0 Å². The number of carbonyl (C=O) groups is 1. The summed E-state index contributed by atoms with van der Waals surface area (Å²) in [5, 5.41) is 8.16. The van der Waals surface area contributed by atoms with E-state index in [1.165, 1.54) is 11.3 Å². The fourth-order valence-corrected chi connectivity index (χ4v) is 1.94. The number of likely N-dealkylation sites (N-methyl/N-ethyl adjacent to an activating group) is 1. The Hall–Kier alpha value is -0.290. The minimum atomic E-state index is -0.105. The van der Waals surface area contributed by atoms with Gasteiger partial charge in [0, 0.05) is 12.6 Å². The highest BCUT2D eigenvalue weighted by atomic mass is 35.5. The third-order valence-corrected chi connectivity index (χ3v) is 3.23. The fraction of sp³-hybridized carbons (Fsp3) is 0.444. The smallest absolute Gasteiger partial charge is 0.262 e. The SMILES string of the molecule is CNC(C)CNC(=O)c1sccc1Cl.Cl. The third kappa shape index (κ3) is 4.38. The molecule has 0 saturated carbocycles. The van der Waals surface area contributed by atoms with E-state index in [0.717, 1.165) is 0 Å². The van der Waals surface area contributed by atoms with Gasteiger partial charge < -0.3 is 10.6 Å². The Labute approximate surface area is 105 Å². The first-order valence-corrected chi connectivity index (χ1v) is 5.59. The summed E-state index contributed by atoms with van der Waals surface area (Å²) in [6, 6.07) is 1.99. The number of hydrogen-bond acceptors (Lipinski definition) is 3. The first-order chi connectivity index (χ1) is 6.65. The molecule has 2 N–H and O–H groups in total. The van der Waals surface area contributed by atoms with Crippen molar-refractivity contribution in [2.75, 3.05) is 13.6 Å². The van der Waals surface area contributed by atoms with Crippen molar-refractivity contribution in [3.63, 3.8) is 0 Å². The average Bonchev–Trinajstić information content (AvgIpc) is 2.60. The van der Waals surface area contributed by atoms with E-state index in [2.05, 4.69) is 10.6 Å². The molecule has 0 saturated heterocycles. The molecule has 1 rings (SSSR count). The third-order valence-electron chi connectivity index (χ3n) is 1.89. The zero-order valence-corrected chi connectivity index (χ0v) is 10.9. The Balaban J connectivity index is 0.00000196. The normalized spacial score (nSPS) is 11.7. The highest BCUT2D eigenvalue weighted by molar-refractivity contribution is 7.12. The Kier molecular flexibility index (Phi) is 6.92. The van der Waals surface area contributed by atoms with E-state index in [1.807, 2.05) is 14.0 Å². The van der Waals surface area contributed by atoms with Crippen molar-refractivity contribution in [1.29, 1.82) is 0 Å². The van der Waals surface area contributed by atoms with Crippen molar-refractivity contribution in [2.24, 2.45) is 0 Å². The molecule has 6 heteroatoms. The number of nitrogens with one attached hydrogen (secondary N) is 2. The lowest BCUT2D eigenvalue weighted by molar-refractivity contribution is 0.0955. The van der Waals surface area contributed by atoms with E-state index < -0.39 is 0 Å². The summed E-state index contributed by atoms with van der Waals surface area (Å²) in [5.41, 5.74) is 0. The lowest BCUT2D eigenvalue weighted by atomic mass is 10.3. The molecule has 1 aromatic heterocycles. The van der Waals surface area contributed by atoms with E-state index in [9.17, 15) is 4.79 Å². The van der Waals surface area contributed by atoms with Gasteiger partial charge in [-0.1, -0.05) is 11.6 Å². The van der Waals surface area contributed by atoms with Crippen LogP contribution in [0.25, 0.3) is 0 Å². The van der Waals surface area contributed by atoms with Crippen molar-refractivity contribution in [2.45, 2.75) is 13.0 Å². The molecule has 86 valence electrons. The van der Waals surface area contributed by atoms with Crippen molar-refractivity contribution < 1.29 is 4.79 Å². The molecule has 1 unspecified atom stereocenters. The molecule has 15 heavy (non-hydrogen) atoms. The highest BCUT2D eigenvalue weighted by Crippen LogP contribution is 2.21. The first-order valence-electron chi connectivity index (χ1n) is 4.33. The Morgan fingerprint density at radius 3 is 2.80 bits per heavy atom. The lowest BCUT2D eigenvalue weighted by Crippen LogP contribution is -2.36. The van der Waals surface area contributed by atoms with Gasteiger partial charge in [-0.3, -0.25) is 4.79 Å². The number of thiophene rings is 1. The Morgan fingerprint density at radius 1 is 1.67 bits per heavy atom. The van der Waals surface area contributed by atoms with Gasteiger partial charge in [0.2, 0.25) is 0 Å². The summed E-state index contributed by atoms with van der Waals surface area (Å²) in [5.74, 6) is -0.105. The molecule has 0 fully saturated rings. The minimum Gasteiger partial charge on any atom is -0.350 e. The second-order valence-electron chi connectivity index (χ2n) is 3.00. The topological polar surface area (TPSA) is 41.1 Å². The lowest BCUT2D eigenvalue weighted by Gasteiger charge is -2.10. The molecule has 0 spiro atoms. The van der Waals surface area contributed by atoms with Crippen LogP contribution in [0.4, 0.5) is 0 Å². The monoisotopic (exact) mass is 268 g/mol. The summed E-state index contributed by atoms with van der Waals surface area (Å²) >= 11 is 7.17. The maximum absolute atomic E-state index is 11.5. The standard InChI is InChI=1S/C9H13ClN2OS.ClH/c1-6(11-2)5-12-9(13)8-7(10)3-4-14-8;/h3-4,6,11H,5H2,1-2H3,(H,12,13);1H. The zero-order chi connectivity index (χ0) is 10.6. The van der Waals surface area contributed by atoms with Crippen LogP contribution in [-0.4, -0.2) is 25.5 Å². The second-order valence-corrected chi connectivity index (χ2v) is 4.32. The van der Waals surface area contributed by atoms with Crippen molar-refractivity contribution in [3.05, 3.63) is 21.3 Å². The van der Waals surface area contributed by atoms with E-state index in [4.69, 9.17) is 11.6 Å². The molecule has 1 amide bonds. The van der Waals surface area contributed by atoms with E-state index in [0.29, 0.717) is 16.4 Å². The Morgan fingerprint density at radius 2 is 2.33 bits per heavy atom. The number of carbonyl (C=O) groups excluding carboxylic acids is 1. The van der Waals surface area contributed by atoms with Crippen LogP contribution < -0.4 is 10.6 Å². The Bertz CT molecular complexity index is 317. The van der Waals surface area contributed by atoms with E-state index in [-0.39, 0.29) is 24.4 Å². The molecule has 3 nitrogen and oxygen atoms in total. The van der Waals surface area contributed by atoms with Crippen LogP contribution in [0.5, 0.6) is 0 Å². The molecule has 0 aromatic carbocycles. The average molecular weight is 269 g/mol. The largest absolute Gasteiger partial charge is 0.350 e. The van der Waals surface area contributed by atoms with Gasteiger partial charge >= 0.3 is 0 Å². The quantitative estimate of drug-likeness (QED) is 0.879. The zero-order valence-electron chi connectivity index (χ0n) is 8.54. The highest BCUT2D eigenvalue weighted by Gasteiger charge is 2.11. The minimum absolute atomic E-state index is 0. The maximum Gasteiger partial charge on any atom is 0.262 e. The molecule has 0 aliphatic heterocycles. The van der Waals surface area contributed by atoms with Gasteiger partial charge in [0.15, 0.2) is 0 Å². The summed E-state index contributed by atoms with van der Waals surface area (Å²) in [7, 11) is 1.86. The second kappa shape index (κ2) is 7.06. The van der Waals surface area contributed by atoms with Crippen molar-refractivity contribution in [1.82, 2.24) is 10.6 Å². The molecule has 0 aliphatic rings. The van der Waals surface area contributed by atoms with Gasteiger partial charge in [-0.15, -0.1) is 23.7 Å². The first kappa shape index (κ1) is 14.7. The molecular weight excluding hydrogens is 255 g/mol. The summed E-state index contributed by atoms with van der Waals surface area (Å²) in [6.07, 6.45) is 0. The number of hydrogen-bond donors (Lipinski definition) is 2. The number of rotatable bonds is 4. The number of halogens is 2. The fourth-order valence-electron chi connectivity index (χ4n) is 0.884. The summed E-state index contributed by atoms with van der Waals surface area (Å²) < 4.78 is 0. The van der Waals surface area contributed by atoms with Gasteiger partial charge in [0.1, 0.15) is 4.88 Å². The van der Waals surface area contributed by atoms with Crippen LogP contribution in [-0.2, 0) is 0 Å². The summed E-state index contributed by atoms with van der Waals surface area (Å²) in [4.78, 5) is 12.1. The maximum atomic E-state index is 11.5. The van der Waals surface area contributed by atoms with Crippen LogP contribution >= 0.6 is 35.3 Å². The molecule has 1 aromatic rings. The predicted molar refractivity (Wildman–Crippen MR) is 67.4 cm³/mol. The van der Waals surface area contributed by atoms with Crippen LogP contribution in [0.15, 0.2) is 11.4 Å². The van der Waals surface area contributed by atoms with Gasteiger partial charge in [0.05, 0.1) is 5.02 Å². The van der Waals surface area contributed by atoms with E-state index >= 15 is 0 Å². The van der Waals surface area contributed by atoms with Gasteiger partial charge in [-0.05, 0) is 25.4 Å². The molecule has 0 radical (unpaired) electrons. The summed E-state index contributed by atoms with van der Waals surface area (Å²) in [6.45, 7) is 2.60. The molecule has 1 heterocycles. The molecular formula is C9H14Cl2N2OS. The van der Waals surface area contributed by atoms with Gasteiger partial charge in [0.25, 0.3) is 5.91 Å². The molecule has 0 aliphatic carbocycles. The van der Waals surface area contributed by atoms with Crippen molar-refractivity contribution in [3.8, 4) is 0 Å². The van der Waals surface area contributed by atoms with Crippen LogP contribution in [0.1, 0.15) is 16.6 Å². The van der Waals surface area contributed by atoms with Crippen LogP contribution in [0, 0.1) is 0 Å². The van der Waals surface area contributed by atoms with Gasteiger partial charge in [-0.2, -0.15) is 0 Å². The predicted octanol–water partition coefficient (Wildman–Crippen LogP) is 2.16. The van der Waals surface area contributed by atoms with Crippen LogP contribution in [0.2, 0.25) is 5.02 Å². The molecule has 0 bridgehead atoms. The molecule has 1 atom stereocenters.